The Bertz CT molecular complexity index is 816. The van der Waals surface area contributed by atoms with E-state index in [4.69, 9.17) is 0 Å². The summed E-state index contributed by atoms with van der Waals surface area (Å²) in [5, 5.41) is 0.0559. The number of carbonyl (C=O) groups excluding carboxylic acids is 1. The molecule has 3 aromatic rings. The number of rotatable bonds is 4. The summed E-state index contributed by atoms with van der Waals surface area (Å²) in [5.74, 6) is 0.837. The fourth-order valence-electron chi connectivity index (χ4n) is 3.43. The largest absolute Gasteiger partial charge is 0.325 e. The van der Waals surface area contributed by atoms with E-state index in [-0.39, 0.29) is 17.2 Å². The molecule has 1 aliphatic heterocycles. The van der Waals surface area contributed by atoms with Crippen molar-refractivity contribution in [3.63, 3.8) is 0 Å². The molecule has 1 unspecified atom stereocenters. The van der Waals surface area contributed by atoms with Crippen LogP contribution in [0.3, 0.4) is 0 Å². The Morgan fingerprint density at radius 1 is 0.923 bits per heavy atom. The van der Waals surface area contributed by atoms with Crippen LogP contribution in [0.2, 0.25) is 0 Å². The molecule has 0 bridgehead atoms. The van der Waals surface area contributed by atoms with Crippen LogP contribution in [-0.4, -0.2) is 28.1 Å². The van der Waals surface area contributed by atoms with Crippen molar-refractivity contribution in [2.75, 3.05) is 12.3 Å². The van der Waals surface area contributed by atoms with Gasteiger partial charge in [-0.1, -0.05) is 60.7 Å². The number of carbonyl (C=O) groups is 1. The molecule has 2 aromatic carbocycles. The molecule has 0 aliphatic carbocycles. The third kappa shape index (κ3) is 3.37. The highest BCUT2D eigenvalue weighted by molar-refractivity contribution is 7.99. The zero-order chi connectivity index (χ0) is 17.8. The van der Waals surface area contributed by atoms with Crippen LogP contribution in [0.5, 0.6) is 0 Å². The van der Waals surface area contributed by atoms with E-state index in [2.05, 4.69) is 4.98 Å². The molecule has 1 saturated heterocycles. The fraction of sp³-hybridized carbons (Fsp3) is 0.182. The Labute approximate surface area is 158 Å². The van der Waals surface area contributed by atoms with Crippen LogP contribution in [0.25, 0.3) is 0 Å². The maximum absolute atomic E-state index is 13.6. The summed E-state index contributed by atoms with van der Waals surface area (Å²) in [6, 6.07) is 24.1. The first-order chi connectivity index (χ1) is 12.8. The zero-order valence-corrected chi connectivity index (χ0v) is 15.2. The number of hydrogen-bond donors (Lipinski definition) is 0. The Hall–Kier alpha value is -2.59. The first-order valence-electron chi connectivity index (χ1n) is 8.76. The maximum atomic E-state index is 13.6. The van der Waals surface area contributed by atoms with Crippen molar-refractivity contribution < 1.29 is 4.79 Å². The van der Waals surface area contributed by atoms with Crippen LogP contribution in [0.15, 0.2) is 85.2 Å². The first kappa shape index (κ1) is 16.9. The maximum Gasteiger partial charge on any atom is 0.235 e. The number of amides is 1. The normalized spacial score (nSPS) is 16.8. The molecular weight excluding hydrogens is 340 g/mol. The molecule has 0 radical (unpaired) electrons. The summed E-state index contributed by atoms with van der Waals surface area (Å²) < 4.78 is 0. The van der Waals surface area contributed by atoms with Gasteiger partial charge in [-0.2, -0.15) is 0 Å². The molecule has 2 heterocycles. The van der Waals surface area contributed by atoms with E-state index in [0.717, 1.165) is 29.0 Å². The van der Waals surface area contributed by atoms with Gasteiger partial charge in [-0.15, -0.1) is 11.8 Å². The highest BCUT2D eigenvalue weighted by Crippen LogP contribution is 2.40. The number of aromatic nitrogens is 1. The molecule has 3 nitrogen and oxygen atoms in total. The van der Waals surface area contributed by atoms with Crippen molar-refractivity contribution in [2.24, 2.45) is 0 Å². The van der Waals surface area contributed by atoms with Gasteiger partial charge in [0.05, 0.1) is 5.92 Å². The smallest absolute Gasteiger partial charge is 0.235 e. The van der Waals surface area contributed by atoms with Gasteiger partial charge in [0, 0.05) is 24.7 Å². The molecule has 1 atom stereocenters. The Morgan fingerprint density at radius 2 is 1.50 bits per heavy atom. The number of thioether (sulfide) groups is 1. The minimum absolute atomic E-state index is 0.0559. The average Bonchev–Trinajstić information content (AvgIpc) is 3.20. The highest BCUT2D eigenvalue weighted by atomic mass is 32.2. The van der Waals surface area contributed by atoms with Crippen molar-refractivity contribution >= 4 is 17.7 Å². The molecule has 1 fully saturated rings. The van der Waals surface area contributed by atoms with Gasteiger partial charge < -0.3 is 4.90 Å². The topological polar surface area (TPSA) is 33.2 Å². The summed E-state index contributed by atoms with van der Waals surface area (Å²) in [6.07, 6.45) is 3.59. The molecule has 1 amide bonds. The van der Waals surface area contributed by atoms with E-state index in [1.165, 1.54) is 0 Å². The van der Waals surface area contributed by atoms with Gasteiger partial charge >= 0.3 is 0 Å². The van der Waals surface area contributed by atoms with Gasteiger partial charge in [0.2, 0.25) is 5.91 Å². The van der Waals surface area contributed by atoms with Crippen LogP contribution < -0.4 is 0 Å². The lowest BCUT2D eigenvalue weighted by Gasteiger charge is -2.29. The van der Waals surface area contributed by atoms with Gasteiger partial charge in [0.25, 0.3) is 0 Å². The molecule has 130 valence electrons. The lowest BCUT2D eigenvalue weighted by Crippen LogP contribution is -2.35. The summed E-state index contributed by atoms with van der Waals surface area (Å²) in [6.45, 7) is 0.770. The van der Waals surface area contributed by atoms with Gasteiger partial charge in [-0.3, -0.25) is 9.78 Å². The Morgan fingerprint density at radius 3 is 2.08 bits per heavy atom. The van der Waals surface area contributed by atoms with E-state index in [1.807, 2.05) is 89.5 Å². The SMILES string of the molecule is O=C(C(c1ccccc1)c1ccccc1)N1CCSC1c1ccncc1. The minimum atomic E-state index is -0.277. The summed E-state index contributed by atoms with van der Waals surface area (Å²) >= 11 is 1.82. The van der Waals surface area contributed by atoms with E-state index in [1.54, 1.807) is 12.4 Å². The summed E-state index contributed by atoms with van der Waals surface area (Å²) in [5.41, 5.74) is 3.21. The van der Waals surface area contributed by atoms with Crippen LogP contribution in [0.1, 0.15) is 28.0 Å². The summed E-state index contributed by atoms with van der Waals surface area (Å²) in [4.78, 5) is 19.7. The quantitative estimate of drug-likeness (QED) is 0.687. The number of nitrogens with zero attached hydrogens (tertiary/aromatic N) is 2. The van der Waals surface area contributed by atoms with Crippen molar-refractivity contribution in [3.8, 4) is 0 Å². The molecule has 1 aromatic heterocycles. The van der Waals surface area contributed by atoms with E-state index < -0.39 is 0 Å². The van der Waals surface area contributed by atoms with Crippen molar-refractivity contribution in [3.05, 3.63) is 102 Å². The van der Waals surface area contributed by atoms with Gasteiger partial charge in [-0.05, 0) is 28.8 Å². The summed E-state index contributed by atoms with van der Waals surface area (Å²) in [7, 11) is 0. The number of hydrogen-bond acceptors (Lipinski definition) is 3. The van der Waals surface area contributed by atoms with Gasteiger partial charge in [0.1, 0.15) is 5.37 Å². The van der Waals surface area contributed by atoms with Crippen LogP contribution in [0, 0.1) is 0 Å². The Kier molecular flexibility index (Phi) is 5.02. The van der Waals surface area contributed by atoms with Crippen molar-refractivity contribution in [2.45, 2.75) is 11.3 Å². The van der Waals surface area contributed by atoms with E-state index in [0.29, 0.717) is 0 Å². The van der Waals surface area contributed by atoms with Crippen LogP contribution in [-0.2, 0) is 4.79 Å². The lowest BCUT2D eigenvalue weighted by molar-refractivity contribution is -0.132. The third-order valence-electron chi connectivity index (χ3n) is 4.68. The predicted octanol–water partition coefficient (Wildman–Crippen LogP) is 4.49. The van der Waals surface area contributed by atoms with Crippen molar-refractivity contribution in [1.29, 1.82) is 0 Å². The van der Waals surface area contributed by atoms with Gasteiger partial charge in [-0.25, -0.2) is 0 Å². The number of pyridine rings is 1. The molecule has 26 heavy (non-hydrogen) atoms. The minimum Gasteiger partial charge on any atom is -0.325 e. The van der Waals surface area contributed by atoms with Crippen LogP contribution >= 0.6 is 11.8 Å². The number of benzene rings is 2. The van der Waals surface area contributed by atoms with E-state index >= 15 is 0 Å². The van der Waals surface area contributed by atoms with Crippen molar-refractivity contribution in [1.82, 2.24) is 9.88 Å². The lowest BCUT2D eigenvalue weighted by atomic mass is 9.90. The second-order valence-corrected chi connectivity index (χ2v) is 7.48. The second kappa shape index (κ2) is 7.75. The fourth-order valence-corrected chi connectivity index (χ4v) is 4.70. The second-order valence-electron chi connectivity index (χ2n) is 6.29. The molecule has 0 spiro atoms. The van der Waals surface area contributed by atoms with E-state index in [9.17, 15) is 4.79 Å². The predicted molar refractivity (Wildman–Crippen MR) is 106 cm³/mol. The highest BCUT2D eigenvalue weighted by Gasteiger charge is 2.35. The molecule has 1 aliphatic rings. The molecule has 0 saturated carbocycles. The molecule has 4 rings (SSSR count). The Balaban J connectivity index is 1.71. The third-order valence-corrected chi connectivity index (χ3v) is 5.94. The molecule has 0 N–H and O–H groups in total. The standard InChI is InChI=1S/C22H20N2OS/c25-21(24-15-16-26-22(24)19-11-13-23-14-12-19)20(17-7-3-1-4-8-17)18-9-5-2-6-10-18/h1-14,20,22H,15-16H2. The first-order valence-corrected chi connectivity index (χ1v) is 9.81. The zero-order valence-electron chi connectivity index (χ0n) is 14.4. The average molecular weight is 360 g/mol. The monoisotopic (exact) mass is 360 g/mol. The van der Waals surface area contributed by atoms with Crippen LogP contribution in [0.4, 0.5) is 0 Å². The molecular formula is C22H20N2OS. The van der Waals surface area contributed by atoms with Gasteiger partial charge in [0.15, 0.2) is 0 Å². The molecule has 4 heteroatoms.